The van der Waals surface area contributed by atoms with Crippen molar-refractivity contribution in [3.8, 4) is 0 Å². The molecule has 0 radical (unpaired) electrons. The van der Waals surface area contributed by atoms with Crippen molar-refractivity contribution in [1.82, 2.24) is 0 Å². The fraction of sp³-hybridized carbons (Fsp3) is 0.760. The van der Waals surface area contributed by atoms with Crippen LogP contribution in [0.25, 0.3) is 0 Å². The van der Waals surface area contributed by atoms with Crippen LogP contribution in [0.2, 0.25) is 0 Å². The van der Waals surface area contributed by atoms with Gasteiger partial charge in [-0.15, -0.1) is 0 Å². The summed E-state index contributed by atoms with van der Waals surface area (Å²) in [7, 11) is -0.00638. The highest BCUT2D eigenvalue weighted by molar-refractivity contribution is 7.73. The van der Waals surface area contributed by atoms with Gasteiger partial charge in [0.1, 0.15) is 0 Å². The van der Waals surface area contributed by atoms with Crippen LogP contribution < -0.4 is 10.6 Å². The van der Waals surface area contributed by atoms with Gasteiger partial charge in [-0.25, -0.2) is 0 Å². The minimum atomic E-state index is -0.00319. The summed E-state index contributed by atoms with van der Waals surface area (Å²) in [6.45, 7) is 15.2. The minimum Gasteiger partial charge on any atom is -0.0677 e. The van der Waals surface area contributed by atoms with Crippen molar-refractivity contribution in [2.24, 2.45) is 23.7 Å². The first kappa shape index (κ1) is 20.4. The molecule has 0 aromatic heterocycles. The first-order valence-corrected chi connectivity index (χ1v) is 14.5. The Morgan fingerprint density at radius 1 is 0.704 bits per heavy atom. The van der Waals surface area contributed by atoms with Crippen LogP contribution in [0.1, 0.15) is 73.6 Å². The Balaban J connectivity index is 1.87. The predicted molar refractivity (Wildman–Crippen MR) is 126 cm³/mol. The summed E-state index contributed by atoms with van der Waals surface area (Å²) < 4.78 is 0. The third-order valence-electron chi connectivity index (χ3n) is 7.98. The first-order chi connectivity index (χ1) is 12.9. The van der Waals surface area contributed by atoms with Gasteiger partial charge in [0.2, 0.25) is 0 Å². The summed E-state index contributed by atoms with van der Waals surface area (Å²) >= 11 is 0. The summed E-state index contributed by atoms with van der Waals surface area (Å²) in [6, 6.07) is 9.91. The molecule has 0 nitrogen and oxygen atoms in total. The maximum atomic E-state index is 2.62. The molecule has 3 heterocycles. The molecule has 0 bridgehead atoms. The largest absolute Gasteiger partial charge is 0.0677 e. The summed E-state index contributed by atoms with van der Waals surface area (Å²) in [4.78, 5) is 0. The molecule has 0 saturated carbocycles. The topological polar surface area (TPSA) is 0 Å². The van der Waals surface area contributed by atoms with Gasteiger partial charge >= 0.3 is 0 Å². The molecule has 27 heavy (non-hydrogen) atoms. The van der Waals surface area contributed by atoms with E-state index in [1.54, 1.807) is 0 Å². The van der Waals surface area contributed by atoms with Crippen molar-refractivity contribution < 1.29 is 0 Å². The molecule has 0 aliphatic carbocycles. The van der Waals surface area contributed by atoms with Gasteiger partial charge in [0.05, 0.1) is 0 Å². The molecule has 0 amide bonds. The van der Waals surface area contributed by atoms with E-state index >= 15 is 0 Å². The van der Waals surface area contributed by atoms with Gasteiger partial charge in [-0.3, -0.25) is 0 Å². The van der Waals surface area contributed by atoms with Crippen LogP contribution >= 0.6 is 15.8 Å². The lowest BCUT2D eigenvalue weighted by Gasteiger charge is -2.35. The van der Waals surface area contributed by atoms with Gasteiger partial charge in [-0.1, -0.05) is 81.7 Å². The molecule has 2 fully saturated rings. The molecule has 7 unspecified atom stereocenters. The smallest absolute Gasteiger partial charge is 0.0140 e. The Bertz CT molecular complexity index is 596. The zero-order valence-electron chi connectivity index (χ0n) is 18.4. The molecule has 150 valence electrons. The third-order valence-corrected chi connectivity index (χ3v) is 16.2. The molecule has 3 aliphatic rings. The van der Waals surface area contributed by atoms with E-state index in [2.05, 4.69) is 65.8 Å². The zero-order valence-corrected chi connectivity index (χ0v) is 20.1. The molecular weight excluding hydrogens is 362 g/mol. The molecular formula is C25H40P2. The lowest BCUT2D eigenvalue weighted by atomic mass is 9.88. The summed E-state index contributed by atoms with van der Waals surface area (Å²) in [5, 5.41) is 3.72. The van der Waals surface area contributed by atoms with E-state index in [0.29, 0.717) is 0 Å². The Hall–Kier alpha value is 0.0800. The molecule has 2 saturated heterocycles. The monoisotopic (exact) mass is 402 g/mol. The van der Waals surface area contributed by atoms with Crippen LogP contribution in [-0.4, -0.2) is 22.6 Å². The van der Waals surface area contributed by atoms with E-state index in [9.17, 15) is 0 Å². The van der Waals surface area contributed by atoms with Crippen LogP contribution in [0.15, 0.2) is 24.3 Å². The molecule has 0 N–H and O–H groups in total. The number of benzene rings is 1. The van der Waals surface area contributed by atoms with Gasteiger partial charge in [0.25, 0.3) is 0 Å². The fourth-order valence-electron chi connectivity index (χ4n) is 6.67. The molecule has 4 rings (SSSR count). The standard InChI is InChI=1S/C25H40P2/c1-16(2)20-11-13-22-18(5)15-19(6)23-14-12-21(17(3)4)27(23)25-10-8-7-9-24(25)26(20)22/h7-10,16-23H,11-15H2,1-6H3/t18?,19?,20?,21?,22-,23?,26?,27?/m1/s1. The summed E-state index contributed by atoms with van der Waals surface area (Å²) in [5.74, 6) is 3.51. The zero-order chi connectivity index (χ0) is 19.3. The lowest BCUT2D eigenvalue weighted by Crippen LogP contribution is -2.32. The van der Waals surface area contributed by atoms with Gasteiger partial charge in [-0.2, -0.15) is 0 Å². The number of hydrogen-bond donors (Lipinski definition) is 0. The highest BCUT2D eigenvalue weighted by atomic mass is 31.1. The van der Waals surface area contributed by atoms with Gasteiger partial charge in [-0.05, 0) is 89.0 Å². The number of hydrogen-bond acceptors (Lipinski definition) is 0. The van der Waals surface area contributed by atoms with Crippen LogP contribution in [0.5, 0.6) is 0 Å². The van der Waals surface area contributed by atoms with Crippen LogP contribution in [0.3, 0.4) is 0 Å². The predicted octanol–water partition coefficient (Wildman–Crippen LogP) is 6.95. The van der Waals surface area contributed by atoms with Crippen LogP contribution in [0.4, 0.5) is 0 Å². The van der Waals surface area contributed by atoms with E-state index < -0.39 is 0 Å². The van der Waals surface area contributed by atoms with E-state index in [1.165, 1.54) is 32.1 Å². The van der Waals surface area contributed by atoms with E-state index in [1.807, 2.05) is 10.6 Å². The molecule has 3 aliphatic heterocycles. The van der Waals surface area contributed by atoms with E-state index in [0.717, 1.165) is 46.3 Å². The Morgan fingerprint density at radius 3 is 1.48 bits per heavy atom. The maximum absolute atomic E-state index is 2.62. The highest BCUT2D eigenvalue weighted by Gasteiger charge is 2.48. The second-order valence-corrected chi connectivity index (χ2v) is 15.7. The lowest BCUT2D eigenvalue weighted by molar-refractivity contribution is 0.381. The van der Waals surface area contributed by atoms with Crippen molar-refractivity contribution in [2.45, 2.75) is 96.3 Å². The average Bonchev–Trinajstić information content (AvgIpc) is 3.25. The van der Waals surface area contributed by atoms with Crippen molar-refractivity contribution in [1.29, 1.82) is 0 Å². The van der Waals surface area contributed by atoms with Crippen LogP contribution in [0, 0.1) is 23.7 Å². The highest BCUT2D eigenvalue weighted by Crippen LogP contribution is 2.66. The maximum Gasteiger partial charge on any atom is -0.0140 e. The van der Waals surface area contributed by atoms with Crippen molar-refractivity contribution in [2.75, 3.05) is 0 Å². The Kier molecular flexibility index (Phi) is 6.09. The van der Waals surface area contributed by atoms with E-state index in [4.69, 9.17) is 0 Å². The van der Waals surface area contributed by atoms with Crippen molar-refractivity contribution >= 4 is 26.5 Å². The third kappa shape index (κ3) is 3.57. The van der Waals surface area contributed by atoms with Gasteiger partial charge in [0, 0.05) is 0 Å². The van der Waals surface area contributed by atoms with Gasteiger partial charge < -0.3 is 0 Å². The van der Waals surface area contributed by atoms with Crippen molar-refractivity contribution in [3.63, 3.8) is 0 Å². The molecule has 1 aromatic carbocycles. The minimum absolute atomic E-state index is 0.00319. The Labute approximate surface area is 170 Å². The quantitative estimate of drug-likeness (QED) is 0.470. The molecule has 8 atom stereocenters. The first-order valence-electron chi connectivity index (χ1n) is 11.6. The second-order valence-electron chi connectivity index (χ2n) is 10.4. The fourth-order valence-corrected chi connectivity index (χ4v) is 15.3. The normalized spacial score (nSPS) is 41.6. The molecule has 0 spiro atoms. The number of rotatable bonds is 2. The Morgan fingerprint density at radius 2 is 1.11 bits per heavy atom. The van der Waals surface area contributed by atoms with Gasteiger partial charge in [0.15, 0.2) is 0 Å². The van der Waals surface area contributed by atoms with E-state index in [-0.39, 0.29) is 15.8 Å². The van der Waals surface area contributed by atoms with Crippen LogP contribution in [-0.2, 0) is 0 Å². The SMILES string of the molecule is CC(C)C1CCC2C(C)CC(C)[C@H]3CCC(C(C)C)P3c3ccccc3P12. The molecule has 1 aromatic rings. The molecule has 2 heteroatoms. The number of fused-ring (bicyclic) bond motifs is 5. The summed E-state index contributed by atoms with van der Waals surface area (Å²) in [6.07, 6.45) is 7.43. The second kappa shape index (κ2) is 8.07. The summed E-state index contributed by atoms with van der Waals surface area (Å²) in [5.41, 5.74) is 3.86. The average molecular weight is 403 g/mol. The van der Waals surface area contributed by atoms with Crippen molar-refractivity contribution in [3.05, 3.63) is 24.3 Å².